The largest absolute Gasteiger partial charge is 0.495 e. The van der Waals surface area contributed by atoms with E-state index in [0.29, 0.717) is 11.1 Å². The highest BCUT2D eigenvalue weighted by Crippen LogP contribution is 2.37. The second-order valence-electron chi connectivity index (χ2n) is 4.97. The normalized spacial score (nSPS) is 17.9. The molecular formula is C15H22ClNO. The number of hydrogen-bond donors (Lipinski definition) is 1. The van der Waals surface area contributed by atoms with Gasteiger partial charge < -0.3 is 10.1 Å². The Hall–Kier alpha value is -0.730. The van der Waals surface area contributed by atoms with E-state index in [9.17, 15) is 0 Å². The Kier molecular flexibility index (Phi) is 4.90. The monoisotopic (exact) mass is 267 g/mol. The third kappa shape index (κ3) is 2.99. The molecule has 1 atom stereocenters. The summed E-state index contributed by atoms with van der Waals surface area (Å²) in [5.41, 5.74) is 1.30. The molecule has 1 unspecified atom stereocenters. The molecule has 1 aromatic rings. The van der Waals surface area contributed by atoms with E-state index < -0.39 is 0 Å². The molecule has 2 rings (SSSR count). The van der Waals surface area contributed by atoms with Gasteiger partial charge in [0, 0.05) is 6.04 Å². The molecule has 1 N–H and O–H groups in total. The third-order valence-electron chi connectivity index (χ3n) is 3.83. The molecule has 1 aliphatic carbocycles. The first kappa shape index (κ1) is 13.7. The van der Waals surface area contributed by atoms with E-state index in [-0.39, 0.29) is 0 Å². The zero-order chi connectivity index (χ0) is 13.0. The fourth-order valence-electron chi connectivity index (χ4n) is 2.94. The lowest BCUT2D eigenvalue weighted by Gasteiger charge is -2.25. The van der Waals surface area contributed by atoms with E-state index in [1.807, 2.05) is 6.07 Å². The standard InChI is InChI=1S/C15H22ClNO/c1-3-17-15(11-6-4-5-7-11)12-8-9-13(16)14(10-12)18-2/h8-11,15,17H,3-7H2,1-2H3. The molecule has 0 radical (unpaired) electrons. The summed E-state index contributed by atoms with van der Waals surface area (Å²) in [5.74, 6) is 1.52. The van der Waals surface area contributed by atoms with Crippen LogP contribution in [0.2, 0.25) is 5.02 Å². The van der Waals surface area contributed by atoms with Crippen molar-refractivity contribution in [1.29, 1.82) is 0 Å². The zero-order valence-electron chi connectivity index (χ0n) is 11.2. The first-order valence-electron chi connectivity index (χ1n) is 6.83. The number of methoxy groups -OCH3 is 1. The fraction of sp³-hybridized carbons (Fsp3) is 0.600. The molecule has 100 valence electrons. The van der Waals surface area contributed by atoms with Gasteiger partial charge in [0.25, 0.3) is 0 Å². The summed E-state index contributed by atoms with van der Waals surface area (Å²) < 4.78 is 5.32. The molecule has 0 saturated heterocycles. The first-order valence-corrected chi connectivity index (χ1v) is 7.21. The summed E-state index contributed by atoms with van der Waals surface area (Å²) in [6.45, 7) is 3.15. The van der Waals surface area contributed by atoms with Crippen LogP contribution in [0.1, 0.15) is 44.2 Å². The molecule has 1 saturated carbocycles. The maximum Gasteiger partial charge on any atom is 0.137 e. The molecule has 0 amide bonds. The van der Waals surface area contributed by atoms with Crippen LogP contribution in [0.3, 0.4) is 0 Å². The van der Waals surface area contributed by atoms with Gasteiger partial charge in [-0.05, 0) is 43.0 Å². The van der Waals surface area contributed by atoms with Crippen LogP contribution in [0, 0.1) is 5.92 Å². The lowest BCUT2D eigenvalue weighted by Crippen LogP contribution is -2.26. The lowest BCUT2D eigenvalue weighted by atomic mass is 9.91. The van der Waals surface area contributed by atoms with Crippen LogP contribution in [0.15, 0.2) is 18.2 Å². The molecule has 1 aliphatic rings. The molecule has 1 fully saturated rings. The molecule has 1 aromatic carbocycles. The number of ether oxygens (including phenoxy) is 1. The SMILES string of the molecule is CCNC(c1ccc(Cl)c(OC)c1)C1CCCC1. The minimum Gasteiger partial charge on any atom is -0.495 e. The maximum absolute atomic E-state index is 6.09. The molecule has 0 heterocycles. The van der Waals surface area contributed by atoms with Crippen LogP contribution >= 0.6 is 11.6 Å². The van der Waals surface area contributed by atoms with E-state index in [1.165, 1.54) is 31.2 Å². The molecule has 0 aromatic heterocycles. The predicted molar refractivity (Wildman–Crippen MR) is 76.4 cm³/mol. The van der Waals surface area contributed by atoms with Gasteiger partial charge in [-0.25, -0.2) is 0 Å². The average Bonchev–Trinajstić information content (AvgIpc) is 2.90. The molecular weight excluding hydrogens is 246 g/mol. The van der Waals surface area contributed by atoms with Crippen molar-refractivity contribution in [3.8, 4) is 5.75 Å². The van der Waals surface area contributed by atoms with Gasteiger partial charge in [-0.1, -0.05) is 37.4 Å². The van der Waals surface area contributed by atoms with Crippen molar-refractivity contribution in [2.75, 3.05) is 13.7 Å². The summed E-state index contributed by atoms with van der Waals surface area (Å²) in [4.78, 5) is 0. The van der Waals surface area contributed by atoms with E-state index in [1.54, 1.807) is 7.11 Å². The van der Waals surface area contributed by atoms with Crippen molar-refractivity contribution in [2.24, 2.45) is 5.92 Å². The number of halogens is 1. The number of nitrogens with one attached hydrogen (secondary N) is 1. The minimum absolute atomic E-state index is 0.434. The van der Waals surface area contributed by atoms with Gasteiger partial charge in [-0.3, -0.25) is 0 Å². The summed E-state index contributed by atoms with van der Waals surface area (Å²) in [6.07, 6.45) is 5.36. The zero-order valence-corrected chi connectivity index (χ0v) is 12.0. The number of benzene rings is 1. The minimum atomic E-state index is 0.434. The molecule has 2 nitrogen and oxygen atoms in total. The second-order valence-corrected chi connectivity index (χ2v) is 5.38. The lowest BCUT2D eigenvalue weighted by molar-refractivity contribution is 0.370. The summed E-state index contributed by atoms with van der Waals surface area (Å²) in [6, 6.07) is 6.57. The highest BCUT2D eigenvalue weighted by molar-refractivity contribution is 6.32. The topological polar surface area (TPSA) is 21.3 Å². The van der Waals surface area contributed by atoms with Crippen molar-refractivity contribution >= 4 is 11.6 Å². The maximum atomic E-state index is 6.09. The van der Waals surface area contributed by atoms with Crippen LogP contribution in [0.4, 0.5) is 0 Å². The van der Waals surface area contributed by atoms with Gasteiger partial charge in [0.15, 0.2) is 0 Å². The van der Waals surface area contributed by atoms with Crippen molar-refractivity contribution in [3.05, 3.63) is 28.8 Å². The highest BCUT2D eigenvalue weighted by atomic mass is 35.5. The fourth-order valence-corrected chi connectivity index (χ4v) is 3.13. The molecule has 0 bridgehead atoms. The van der Waals surface area contributed by atoms with Crippen LogP contribution in [0.25, 0.3) is 0 Å². The summed E-state index contributed by atoms with van der Waals surface area (Å²) in [5, 5.41) is 4.30. The number of rotatable bonds is 5. The molecule has 0 spiro atoms. The van der Waals surface area contributed by atoms with E-state index in [0.717, 1.165) is 18.2 Å². The van der Waals surface area contributed by atoms with Crippen LogP contribution in [-0.4, -0.2) is 13.7 Å². The van der Waals surface area contributed by atoms with Crippen LogP contribution in [0.5, 0.6) is 5.75 Å². The quantitative estimate of drug-likeness (QED) is 0.864. The van der Waals surface area contributed by atoms with E-state index >= 15 is 0 Å². The smallest absolute Gasteiger partial charge is 0.137 e. The number of hydrogen-bond acceptors (Lipinski definition) is 2. The van der Waals surface area contributed by atoms with Gasteiger partial charge in [0.05, 0.1) is 12.1 Å². The van der Waals surface area contributed by atoms with Crippen molar-refractivity contribution in [1.82, 2.24) is 5.32 Å². The molecule has 3 heteroatoms. The van der Waals surface area contributed by atoms with Crippen molar-refractivity contribution in [2.45, 2.75) is 38.6 Å². The Morgan fingerprint density at radius 1 is 1.39 bits per heavy atom. The van der Waals surface area contributed by atoms with Crippen molar-refractivity contribution < 1.29 is 4.74 Å². The Morgan fingerprint density at radius 2 is 2.11 bits per heavy atom. The van der Waals surface area contributed by atoms with E-state index in [4.69, 9.17) is 16.3 Å². The van der Waals surface area contributed by atoms with Crippen LogP contribution < -0.4 is 10.1 Å². The van der Waals surface area contributed by atoms with Crippen LogP contribution in [-0.2, 0) is 0 Å². The molecule has 0 aliphatic heterocycles. The first-order chi connectivity index (χ1) is 8.76. The van der Waals surface area contributed by atoms with Gasteiger partial charge in [0.1, 0.15) is 5.75 Å². The van der Waals surface area contributed by atoms with Gasteiger partial charge in [-0.15, -0.1) is 0 Å². The summed E-state index contributed by atoms with van der Waals surface area (Å²) >= 11 is 6.09. The Labute approximate surface area is 115 Å². The van der Waals surface area contributed by atoms with Crippen molar-refractivity contribution in [3.63, 3.8) is 0 Å². The summed E-state index contributed by atoms with van der Waals surface area (Å²) in [7, 11) is 1.67. The van der Waals surface area contributed by atoms with Gasteiger partial charge >= 0.3 is 0 Å². The second kappa shape index (κ2) is 6.44. The van der Waals surface area contributed by atoms with E-state index in [2.05, 4.69) is 24.4 Å². The Bertz CT molecular complexity index is 388. The van der Waals surface area contributed by atoms with Gasteiger partial charge in [-0.2, -0.15) is 0 Å². The Morgan fingerprint density at radius 3 is 2.72 bits per heavy atom. The van der Waals surface area contributed by atoms with Gasteiger partial charge in [0.2, 0.25) is 0 Å². The Balaban J connectivity index is 2.23. The average molecular weight is 268 g/mol. The predicted octanol–water partition coefficient (Wildman–Crippen LogP) is 4.19. The third-order valence-corrected chi connectivity index (χ3v) is 4.14. The highest BCUT2D eigenvalue weighted by Gasteiger charge is 2.26. The molecule has 18 heavy (non-hydrogen) atoms.